The topological polar surface area (TPSA) is 75.8 Å². The lowest BCUT2D eigenvalue weighted by atomic mass is 10.0. The highest BCUT2D eigenvalue weighted by molar-refractivity contribution is 7.17. The first kappa shape index (κ1) is 18.5. The van der Waals surface area contributed by atoms with Crippen LogP contribution in [0.25, 0.3) is 21.2 Å². The molecular weight excluding hydrogens is 372 g/mol. The number of nitrogens with zero attached hydrogens (tertiary/aromatic N) is 1. The van der Waals surface area contributed by atoms with Gasteiger partial charge in [0.15, 0.2) is 11.5 Å². The molecule has 0 fully saturated rings. The minimum atomic E-state index is -0.123. The molecule has 0 saturated heterocycles. The van der Waals surface area contributed by atoms with Gasteiger partial charge in [-0.3, -0.25) is 4.79 Å². The second kappa shape index (κ2) is 7.53. The van der Waals surface area contributed by atoms with E-state index in [0.717, 1.165) is 22.1 Å². The number of ether oxygens (including phenoxy) is 1. The van der Waals surface area contributed by atoms with E-state index >= 15 is 0 Å². The molecule has 0 unspecified atom stereocenters. The largest absolute Gasteiger partial charge is 0.504 e. The molecule has 4 rings (SSSR count). The summed E-state index contributed by atoms with van der Waals surface area (Å²) in [5, 5.41) is 13.7. The van der Waals surface area contributed by atoms with Gasteiger partial charge in [0.05, 0.1) is 13.1 Å². The number of phenols is 1. The Morgan fingerprint density at radius 1 is 1.31 bits per heavy atom. The number of benzene rings is 2. The maximum atomic E-state index is 12.0. The zero-order chi connectivity index (χ0) is 17.4. The summed E-state index contributed by atoms with van der Waals surface area (Å²) >= 11 is 1.67. The number of aromatic hydroxyl groups is 1. The number of halogens is 1. The van der Waals surface area contributed by atoms with Crippen molar-refractivity contribution in [2.75, 3.05) is 19.7 Å². The first-order valence-electron chi connectivity index (χ1n) is 8.10. The van der Waals surface area contributed by atoms with E-state index in [1.165, 1.54) is 4.70 Å². The minimum Gasteiger partial charge on any atom is -0.504 e. The van der Waals surface area contributed by atoms with Gasteiger partial charge in [0.1, 0.15) is 6.61 Å². The Bertz CT molecular complexity index is 957. The van der Waals surface area contributed by atoms with Gasteiger partial charge in [-0.25, -0.2) is 0 Å². The quantitative estimate of drug-likeness (QED) is 0.703. The molecule has 3 N–H and O–H groups in total. The maximum Gasteiger partial charge on any atom is 0.236 e. The average Bonchev–Trinajstić information content (AvgIpc) is 2.93. The number of phenolic OH excluding ortho intramolecular Hbond substituents is 1. The van der Waals surface area contributed by atoms with Crippen molar-refractivity contribution in [3.63, 3.8) is 0 Å². The molecule has 5 nitrogen and oxygen atoms in total. The summed E-state index contributed by atoms with van der Waals surface area (Å²) in [6.45, 7) is 1.15. The molecule has 2 heterocycles. The molecule has 0 radical (unpaired) electrons. The number of thiophene rings is 1. The highest BCUT2D eigenvalue weighted by Crippen LogP contribution is 2.41. The first-order chi connectivity index (χ1) is 12.2. The number of amides is 1. The van der Waals surface area contributed by atoms with E-state index in [9.17, 15) is 9.90 Å². The Balaban J connectivity index is 0.00000196. The van der Waals surface area contributed by atoms with E-state index < -0.39 is 0 Å². The maximum absolute atomic E-state index is 12.0. The lowest BCUT2D eigenvalue weighted by Crippen LogP contribution is -2.36. The molecule has 1 amide bonds. The highest BCUT2D eigenvalue weighted by atomic mass is 35.5. The zero-order valence-electron chi connectivity index (χ0n) is 14.0. The Morgan fingerprint density at radius 3 is 2.92 bits per heavy atom. The molecule has 26 heavy (non-hydrogen) atoms. The summed E-state index contributed by atoms with van der Waals surface area (Å²) in [6.07, 6.45) is 0. The molecular formula is C19H19ClN2O3S. The molecule has 0 spiro atoms. The Kier molecular flexibility index (Phi) is 5.36. The second-order valence-electron chi connectivity index (χ2n) is 6.00. The molecule has 136 valence electrons. The third-order valence-corrected chi connectivity index (χ3v) is 5.40. The fourth-order valence-corrected chi connectivity index (χ4v) is 4.17. The van der Waals surface area contributed by atoms with Crippen molar-refractivity contribution in [3.05, 3.63) is 47.3 Å². The van der Waals surface area contributed by atoms with Crippen LogP contribution in [0.3, 0.4) is 0 Å². The number of nitrogens with two attached hydrogens (primary N) is 1. The molecule has 3 aromatic rings. The summed E-state index contributed by atoms with van der Waals surface area (Å²) in [6, 6.07) is 11.9. The van der Waals surface area contributed by atoms with Gasteiger partial charge in [-0.05, 0) is 29.1 Å². The summed E-state index contributed by atoms with van der Waals surface area (Å²) in [4.78, 5) is 13.7. The Labute approximate surface area is 161 Å². The molecule has 0 aliphatic carbocycles. The number of fused-ring (bicyclic) bond motifs is 2. The van der Waals surface area contributed by atoms with Gasteiger partial charge in [0.25, 0.3) is 0 Å². The van der Waals surface area contributed by atoms with Crippen LogP contribution >= 0.6 is 23.7 Å². The van der Waals surface area contributed by atoms with E-state index in [4.69, 9.17) is 10.5 Å². The fourth-order valence-electron chi connectivity index (χ4n) is 3.20. The van der Waals surface area contributed by atoms with E-state index in [1.807, 2.05) is 18.2 Å². The van der Waals surface area contributed by atoms with Crippen LogP contribution in [0.15, 0.2) is 41.8 Å². The van der Waals surface area contributed by atoms with Crippen molar-refractivity contribution in [1.82, 2.24) is 4.90 Å². The summed E-state index contributed by atoms with van der Waals surface area (Å²) in [5.74, 6) is 0.433. The van der Waals surface area contributed by atoms with Crippen molar-refractivity contribution >= 4 is 39.7 Å². The third kappa shape index (κ3) is 3.23. The van der Waals surface area contributed by atoms with Crippen LogP contribution in [-0.2, 0) is 11.3 Å². The molecule has 0 bridgehead atoms. The molecule has 1 aliphatic rings. The Morgan fingerprint density at radius 2 is 2.12 bits per heavy atom. The summed E-state index contributed by atoms with van der Waals surface area (Å²) < 4.78 is 6.88. The minimum absolute atomic E-state index is 0. The molecule has 1 aliphatic heterocycles. The summed E-state index contributed by atoms with van der Waals surface area (Å²) in [7, 11) is 0. The number of rotatable bonds is 2. The smallest absolute Gasteiger partial charge is 0.236 e. The monoisotopic (exact) mass is 390 g/mol. The molecule has 0 atom stereocenters. The standard InChI is InChI=1S/C19H18N2O3S.ClH/c20-9-18(23)21-5-6-24-19-13(10-21)7-12(8-16(19)22)15-11-25-17-4-2-1-3-14(15)17;/h1-4,7-8,11,22H,5-6,9-10,20H2;1H. The lowest BCUT2D eigenvalue weighted by Gasteiger charge is -2.19. The van der Waals surface area contributed by atoms with Crippen LogP contribution < -0.4 is 10.5 Å². The number of carbonyl (C=O) groups is 1. The average molecular weight is 391 g/mol. The number of hydrogen-bond acceptors (Lipinski definition) is 5. The number of hydrogen-bond donors (Lipinski definition) is 2. The van der Waals surface area contributed by atoms with E-state index in [1.54, 1.807) is 22.3 Å². The van der Waals surface area contributed by atoms with E-state index in [-0.39, 0.29) is 30.6 Å². The SMILES string of the molecule is Cl.NCC(=O)N1CCOc2c(O)cc(-c3csc4ccccc34)cc2C1. The summed E-state index contributed by atoms with van der Waals surface area (Å²) in [5.41, 5.74) is 8.27. The predicted octanol–water partition coefficient (Wildman–Crippen LogP) is 3.38. The Hall–Kier alpha value is -2.28. The van der Waals surface area contributed by atoms with Gasteiger partial charge in [0, 0.05) is 27.8 Å². The second-order valence-corrected chi connectivity index (χ2v) is 6.91. The van der Waals surface area contributed by atoms with Crippen LogP contribution in [0.2, 0.25) is 0 Å². The van der Waals surface area contributed by atoms with Gasteiger partial charge < -0.3 is 20.5 Å². The van der Waals surface area contributed by atoms with Gasteiger partial charge in [-0.2, -0.15) is 0 Å². The van der Waals surface area contributed by atoms with Crippen LogP contribution in [0.5, 0.6) is 11.5 Å². The van der Waals surface area contributed by atoms with Crippen molar-refractivity contribution in [1.29, 1.82) is 0 Å². The van der Waals surface area contributed by atoms with Gasteiger partial charge in [-0.15, -0.1) is 23.7 Å². The van der Waals surface area contributed by atoms with Crippen molar-refractivity contribution in [2.45, 2.75) is 6.54 Å². The van der Waals surface area contributed by atoms with Gasteiger partial charge in [0.2, 0.25) is 5.91 Å². The van der Waals surface area contributed by atoms with E-state index in [0.29, 0.717) is 25.4 Å². The van der Waals surface area contributed by atoms with Crippen molar-refractivity contribution in [2.24, 2.45) is 5.73 Å². The van der Waals surface area contributed by atoms with Crippen LogP contribution in [0, 0.1) is 0 Å². The van der Waals surface area contributed by atoms with Gasteiger partial charge >= 0.3 is 0 Å². The highest BCUT2D eigenvalue weighted by Gasteiger charge is 2.22. The van der Waals surface area contributed by atoms with Crippen LogP contribution in [-0.4, -0.2) is 35.6 Å². The predicted molar refractivity (Wildman–Crippen MR) is 106 cm³/mol. The molecule has 2 aromatic carbocycles. The van der Waals surface area contributed by atoms with Crippen molar-refractivity contribution in [3.8, 4) is 22.6 Å². The molecule has 0 saturated carbocycles. The van der Waals surface area contributed by atoms with E-state index in [2.05, 4.69) is 17.5 Å². The van der Waals surface area contributed by atoms with Crippen LogP contribution in [0.1, 0.15) is 5.56 Å². The molecule has 1 aromatic heterocycles. The normalized spacial score (nSPS) is 13.5. The zero-order valence-corrected chi connectivity index (χ0v) is 15.6. The molecule has 7 heteroatoms. The third-order valence-electron chi connectivity index (χ3n) is 4.43. The van der Waals surface area contributed by atoms with Gasteiger partial charge in [-0.1, -0.05) is 18.2 Å². The lowest BCUT2D eigenvalue weighted by molar-refractivity contribution is -0.130. The first-order valence-corrected chi connectivity index (χ1v) is 8.98. The fraction of sp³-hybridized carbons (Fsp3) is 0.211. The van der Waals surface area contributed by atoms with Crippen LogP contribution in [0.4, 0.5) is 0 Å². The number of carbonyl (C=O) groups excluding carboxylic acids is 1. The van der Waals surface area contributed by atoms with Crippen molar-refractivity contribution < 1.29 is 14.6 Å².